The van der Waals surface area contributed by atoms with Crippen molar-refractivity contribution in [2.24, 2.45) is 0 Å². The third-order valence-electron chi connectivity index (χ3n) is 2.76. The van der Waals surface area contributed by atoms with Crippen LogP contribution in [0.4, 0.5) is 0 Å². The summed E-state index contributed by atoms with van der Waals surface area (Å²) in [5, 5.41) is 6.33. The number of aryl methyl sites for hydroxylation is 1. The van der Waals surface area contributed by atoms with Crippen molar-refractivity contribution < 1.29 is 14.1 Å². The first-order chi connectivity index (χ1) is 8.75. The average molecular weight is 254 g/mol. The summed E-state index contributed by atoms with van der Waals surface area (Å²) in [6.45, 7) is 6.79. The van der Waals surface area contributed by atoms with E-state index in [0.717, 1.165) is 39.3 Å². The Balaban J connectivity index is 1.61. The van der Waals surface area contributed by atoms with Crippen LogP contribution in [0.3, 0.4) is 0 Å². The molecule has 0 radical (unpaired) electrons. The minimum atomic E-state index is -0.308. The highest BCUT2D eigenvalue weighted by Crippen LogP contribution is 1.98. The molecule has 1 N–H and O–H groups in total. The Morgan fingerprint density at radius 2 is 2.22 bits per heavy atom. The van der Waals surface area contributed by atoms with Crippen LogP contribution in [0, 0.1) is 6.92 Å². The van der Waals surface area contributed by atoms with Gasteiger partial charge in [0.1, 0.15) is 0 Å². The highest BCUT2D eigenvalue weighted by atomic mass is 16.5. The highest BCUT2D eigenvalue weighted by Gasteiger charge is 2.13. The number of nitrogens with zero attached hydrogens (tertiary/aromatic N) is 3. The fraction of sp³-hybridized carbons (Fsp3) is 0.727. The van der Waals surface area contributed by atoms with Crippen LogP contribution in [0.2, 0.25) is 0 Å². The number of amides is 1. The van der Waals surface area contributed by atoms with E-state index in [1.165, 1.54) is 0 Å². The summed E-state index contributed by atoms with van der Waals surface area (Å²) >= 11 is 0. The maximum Gasteiger partial charge on any atom is 0.315 e. The van der Waals surface area contributed by atoms with Gasteiger partial charge in [-0.15, -0.1) is 0 Å². The van der Waals surface area contributed by atoms with E-state index >= 15 is 0 Å². The molecular weight excluding hydrogens is 236 g/mol. The van der Waals surface area contributed by atoms with Crippen LogP contribution in [-0.4, -0.2) is 60.3 Å². The Bertz CT molecular complexity index is 387. The third kappa shape index (κ3) is 3.78. The molecule has 0 spiro atoms. The van der Waals surface area contributed by atoms with E-state index in [2.05, 4.69) is 20.4 Å². The topological polar surface area (TPSA) is 80.5 Å². The molecule has 18 heavy (non-hydrogen) atoms. The van der Waals surface area contributed by atoms with E-state index in [1.807, 2.05) is 0 Å². The van der Waals surface area contributed by atoms with Crippen molar-refractivity contribution in [2.75, 3.05) is 39.4 Å². The Morgan fingerprint density at radius 3 is 2.89 bits per heavy atom. The van der Waals surface area contributed by atoms with E-state index in [-0.39, 0.29) is 11.8 Å². The molecule has 1 aromatic heterocycles. The van der Waals surface area contributed by atoms with Crippen LogP contribution in [0.15, 0.2) is 4.52 Å². The number of hydrogen-bond acceptors (Lipinski definition) is 6. The maximum atomic E-state index is 11.6. The van der Waals surface area contributed by atoms with Crippen molar-refractivity contribution >= 4 is 5.91 Å². The van der Waals surface area contributed by atoms with Crippen LogP contribution in [0.25, 0.3) is 0 Å². The molecule has 0 saturated carbocycles. The minimum absolute atomic E-state index is 0.0267. The van der Waals surface area contributed by atoms with Crippen LogP contribution >= 0.6 is 0 Å². The van der Waals surface area contributed by atoms with E-state index < -0.39 is 0 Å². The number of morpholine rings is 1. The van der Waals surface area contributed by atoms with Crippen LogP contribution in [0.1, 0.15) is 22.9 Å². The van der Waals surface area contributed by atoms with Gasteiger partial charge in [0.2, 0.25) is 0 Å². The van der Waals surface area contributed by atoms with Crippen molar-refractivity contribution in [3.05, 3.63) is 11.7 Å². The van der Waals surface area contributed by atoms with Crippen LogP contribution in [0.5, 0.6) is 0 Å². The molecule has 0 aliphatic carbocycles. The largest absolute Gasteiger partial charge is 0.379 e. The number of hydrogen-bond donors (Lipinski definition) is 1. The second-order valence-corrected chi connectivity index (χ2v) is 4.21. The average Bonchev–Trinajstić information content (AvgIpc) is 2.82. The minimum Gasteiger partial charge on any atom is -0.379 e. The molecular formula is C11H18N4O3. The third-order valence-corrected chi connectivity index (χ3v) is 2.76. The summed E-state index contributed by atoms with van der Waals surface area (Å²) in [6.07, 6.45) is 0.902. The number of aromatic nitrogens is 2. The predicted molar refractivity (Wildman–Crippen MR) is 63.2 cm³/mol. The monoisotopic (exact) mass is 254 g/mol. The van der Waals surface area contributed by atoms with Crippen LogP contribution in [-0.2, 0) is 4.74 Å². The summed E-state index contributed by atoms with van der Waals surface area (Å²) in [6, 6.07) is 0. The molecule has 2 rings (SSSR count). The van der Waals surface area contributed by atoms with E-state index in [0.29, 0.717) is 12.4 Å². The summed E-state index contributed by atoms with van der Waals surface area (Å²) < 4.78 is 10.0. The molecule has 7 nitrogen and oxygen atoms in total. The Labute approximate surface area is 105 Å². The number of carbonyl (C=O) groups excluding carboxylic acids is 1. The van der Waals surface area contributed by atoms with Gasteiger partial charge >= 0.3 is 11.8 Å². The smallest absolute Gasteiger partial charge is 0.315 e. The summed E-state index contributed by atoms with van der Waals surface area (Å²) in [5.74, 6) is 0.185. The van der Waals surface area contributed by atoms with Gasteiger partial charge in [0.25, 0.3) is 0 Å². The standard InChI is InChI=1S/C11H18N4O3/c1-9-13-11(18-14-9)10(16)12-3-2-4-15-5-7-17-8-6-15/h2-8H2,1H3,(H,12,16). The zero-order valence-electron chi connectivity index (χ0n) is 10.5. The van der Waals surface area contributed by atoms with E-state index in [1.54, 1.807) is 6.92 Å². The maximum absolute atomic E-state index is 11.6. The Kier molecular flexibility index (Phi) is 4.66. The quantitative estimate of drug-likeness (QED) is 0.735. The molecule has 1 aliphatic heterocycles. The zero-order valence-corrected chi connectivity index (χ0v) is 10.5. The molecule has 0 aromatic carbocycles. The highest BCUT2D eigenvalue weighted by molar-refractivity contribution is 5.89. The van der Waals surface area contributed by atoms with Crippen molar-refractivity contribution in [1.82, 2.24) is 20.4 Å². The first-order valence-corrected chi connectivity index (χ1v) is 6.14. The van der Waals surface area contributed by atoms with Gasteiger partial charge in [0, 0.05) is 19.6 Å². The Hall–Kier alpha value is -1.47. The fourth-order valence-corrected chi connectivity index (χ4v) is 1.79. The van der Waals surface area contributed by atoms with E-state index in [9.17, 15) is 4.79 Å². The summed E-state index contributed by atoms with van der Waals surface area (Å²) in [5.41, 5.74) is 0. The molecule has 1 saturated heterocycles. The fourth-order valence-electron chi connectivity index (χ4n) is 1.79. The second-order valence-electron chi connectivity index (χ2n) is 4.21. The van der Waals surface area contributed by atoms with Crippen molar-refractivity contribution in [3.8, 4) is 0 Å². The summed E-state index contributed by atoms with van der Waals surface area (Å²) in [4.78, 5) is 17.8. The SMILES string of the molecule is Cc1noc(C(=O)NCCCN2CCOCC2)n1. The Morgan fingerprint density at radius 1 is 1.44 bits per heavy atom. The number of rotatable bonds is 5. The van der Waals surface area contributed by atoms with Crippen molar-refractivity contribution in [3.63, 3.8) is 0 Å². The lowest BCUT2D eigenvalue weighted by molar-refractivity contribution is 0.0374. The molecule has 2 heterocycles. The molecule has 1 amide bonds. The van der Waals surface area contributed by atoms with E-state index in [4.69, 9.17) is 9.26 Å². The molecule has 100 valence electrons. The van der Waals surface area contributed by atoms with Crippen LogP contribution < -0.4 is 5.32 Å². The lowest BCUT2D eigenvalue weighted by Crippen LogP contribution is -2.38. The lowest BCUT2D eigenvalue weighted by Gasteiger charge is -2.26. The molecule has 0 unspecified atom stereocenters. The van der Waals surface area contributed by atoms with Gasteiger partial charge in [-0.25, -0.2) is 0 Å². The number of carbonyl (C=O) groups is 1. The molecule has 0 bridgehead atoms. The molecule has 7 heteroatoms. The van der Waals surface area contributed by atoms with Gasteiger partial charge in [0.15, 0.2) is 5.82 Å². The van der Waals surface area contributed by atoms with Gasteiger partial charge in [-0.2, -0.15) is 4.98 Å². The first-order valence-electron chi connectivity index (χ1n) is 6.14. The molecule has 1 aliphatic rings. The molecule has 1 fully saturated rings. The zero-order chi connectivity index (χ0) is 12.8. The summed E-state index contributed by atoms with van der Waals surface area (Å²) in [7, 11) is 0. The van der Waals surface area contributed by atoms with Gasteiger partial charge < -0.3 is 14.6 Å². The van der Waals surface area contributed by atoms with Gasteiger partial charge in [-0.1, -0.05) is 5.16 Å². The first kappa shape index (κ1) is 13.0. The molecule has 1 aromatic rings. The lowest BCUT2D eigenvalue weighted by atomic mass is 10.3. The predicted octanol–water partition coefficient (Wildman–Crippen LogP) is -0.170. The van der Waals surface area contributed by atoms with Crippen molar-refractivity contribution in [1.29, 1.82) is 0 Å². The van der Waals surface area contributed by atoms with Gasteiger partial charge in [-0.3, -0.25) is 9.69 Å². The number of ether oxygens (including phenoxy) is 1. The van der Waals surface area contributed by atoms with Gasteiger partial charge in [0.05, 0.1) is 13.2 Å². The second kappa shape index (κ2) is 6.46. The number of nitrogens with one attached hydrogen (secondary N) is 1. The van der Waals surface area contributed by atoms with Crippen molar-refractivity contribution in [2.45, 2.75) is 13.3 Å². The normalized spacial score (nSPS) is 16.7. The molecule has 0 atom stereocenters. The van der Waals surface area contributed by atoms with Gasteiger partial charge in [-0.05, 0) is 19.9 Å².